The minimum absolute atomic E-state index is 0. The van der Waals surface area contributed by atoms with E-state index in [0.717, 1.165) is 26.3 Å². The first-order valence-electron chi connectivity index (χ1n) is 3.39. The molecule has 2 fully saturated rings. The highest BCUT2D eigenvalue weighted by molar-refractivity contribution is 5.85. The average Bonchev–Trinajstić information content (AvgIpc) is 1.88. The molecule has 2 unspecified atom stereocenters. The number of rotatable bonds is 0. The average molecular weight is 166 g/mol. The van der Waals surface area contributed by atoms with Crippen LogP contribution in [0.15, 0.2) is 0 Å². The van der Waals surface area contributed by atoms with E-state index >= 15 is 0 Å². The Bertz CT molecular complexity index is 91.9. The summed E-state index contributed by atoms with van der Waals surface area (Å²) in [5.41, 5.74) is 0. The summed E-state index contributed by atoms with van der Waals surface area (Å²) in [6.45, 7) is 3.44. The van der Waals surface area contributed by atoms with E-state index in [1.165, 1.54) is 0 Å². The van der Waals surface area contributed by atoms with E-state index in [1.54, 1.807) is 0 Å². The molecule has 60 valence electrons. The number of halogens is 1. The maximum absolute atomic E-state index is 5.53. The minimum atomic E-state index is 0. The smallest absolute Gasteiger partial charge is 0.0938 e. The fourth-order valence-electron chi connectivity index (χ4n) is 1.30. The molecule has 2 bridgehead atoms. The van der Waals surface area contributed by atoms with Gasteiger partial charge in [-0.15, -0.1) is 12.4 Å². The maximum atomic E-state index is 5.53. The number of hydrogen-bond donors (Lipinski definition) is 1. The van der Waals surface area contributed by atoms with Crippen molar-refractivity contribution >= 4 is 12.4 Å². The van der Waals surface area contributed by atoms with Crippen molar-refractivity contribution in [3.8, 4) is 0 Å². The van der Waals surface area contributed by atoms with E-state index in [0.29, 0.717) is 12.2 Å². The second kappa shape index (κ2) is 3.53. The Hall–Kier alpha value is 0.170. The van der Waals surface area contributed by atoms with E-state index in [1.807, 2.05) is 0 Å². The van der Waals surface area contributed by atoms with Crippen LogP contribution in [0.2, 0.25) is 0 Å². The molecular weight excluding hydrogens is 154 g/mol. The van der Waals surface area contributed by atoms with Crippen LogP contribution in [0.1, 0.15) is 0 Å². The van der Waals surface area contributed by atoms with Gasteiger partial charge in [0.15, 0.2) is 0 Å². The summed E-state index contributed by atoms with van der Waals surface area (Å²) in [6.07, 6.45) is 0.634. The molecule has 2 rings (SSSR count). The van der Waals surface area contributed by atoms with Crippen LogP contribution in [0.25, 0.3) is 0 Å². The summed E-state index contributed by atoms with van der Waals surface area (Å²) in [6, 6.07) is 0. The van der Waals surface area contributed by atoms with Crippen LogP contribution in [0, 0.1) is 0 Å². The second-order valence-corrected chi connectivity index (χ2v) is 2.58. The molecule has 1 N–H and O–H groups in total. The third-order valence-electron chi connectivity index (χ3n) is 1.74. The van der Waals surface area contributed by atoms with E-state index < -0.39 is 0 Å². The molecule has 2 heterocycles. The maximum Gasteiger partial charge on any atom is 0.0938 e. The van der Waals surface area contributed by atoms with Gasteiger partial charge in [0.05, 0.1) is 25.4 Å². The van der Waals surface area contributed by atoms with Crippen molar-refractivity contribution < 1.29 is 9.47 Å². The van der Waals surface area contributed by atoms with Gasteiger partial charge in [0.1, 0.15) is 0 Å². The highest BCUT2D eigenvalue weighted by atomic mass is 35.5. The molecule has 4 heteroatoms. The van der Waals surface area contributed by atoms with Gasteiger partial charge < -0.3 is 14.8 Å². The van der Waals surface area contributed by atoms with Gasteiger partial charge in [-0.2, -0.15) is 0 Å². The van der Waals surface area contributed by atoms with Crippen molar-refractivity contribution in [2.75, 3.05) is 26.3 Å². The van der Waals surface area contributed by atoms with E-state index in [2.05, 4.69) is 5.32 Å². The molecule has 0 spiro atoms. The largest absolute Gasteiger partial charge is 0.376 e. The molecule has 3 nitrogen and oxygen atoms in total. The summed E-state index contributed by atoms with van der Waals surface area (Å²) >= 11 is 0. The zero-order valence-corrected chi connectivity index (χ0v) is 6.52. The molecule has 0 saturated carbocycles. The lowest BCUT2D eigenvalue weighted by Gasteiger charge is -2.35. The SMILES string of the molecule is C1NCC2COCC1O2.Cl. The Morgan fingerprint density at radius 1 is 1.10 bits per heavy atom. The number of fused-ring (bicyclic) bond motifs is 2. The van der Waals surface area contributed by atoms with Crippen molar-refractivity contribution in [2.45, 2.75) is 12.2 Å². The zero-order valence-electron chi connectivity index (χ0n) is 5.71. The highest BCUT2D eigenvalue weighted by Gasteiger charge is 2.26. The summed E-state index contributed by atoms with van der Waals surface area (Å²) in [4.78, 5) is 0. The van der Waals surface area contributed by atoms with Crippen molar-refractivity contribution in [1.29, 1.82) is 0 Å². The molecule has 0 amide bonds. The fourth-order valence-corrected chi connectivity index (χ4v) is 1.30. The minimum Gasteiger partial charge on any atom is -0.376 e. The molecular formula is C6H12ClNO2. The van der Waals surface area contributed by atoms with Gasteiger partial charge in [-0.05, 0) is 0 Å². The third kappa shape index (κ3) is 1.61. The van der Waals surface area contributed by atoms with Crippen LogP contribution in [-0.4, -0.2) is 38.5 Å². The lowest BCUT2D eigenvalue weighted by atomic mass is 10.2. The van der Waals surface area contributed by atoms with E-state index in [9.17, 15) is 0 Å². The van der Waals surface area contributed by atoms with Gasteiger partial charge in [0.2, 0.25) is 0 Å². The molecule has 2 aliphatic heterocycles. The summed E-state index contributed by atoms with van der Waals surface area (Å²) in [7, 11) is 0. The van der Waals surface area contributed by atoms with Gasteiger partial charge >= 0.3 is 0 Å². The Balaban J connectivity index is 0.000000500. The molecule has 0 radical (unpaired) electrons. The zero-order chi connectivity index (χ0) is 6.10. The number of hydrogen-bond acceptors (Lipinski definition) is 3. The first-order chi connectivity index (χ1) is 4.45. The third-order valence-corrected chi connectivity index (χ3v) is 1.74. The molecule has 2 aliphatic rings. The molecule has 0 aromatic heterocycles. The fraction of sp³-hybridized carbons (Fsp3) is 1.00. The lowest BCUT2D eigenvalue weighted by molar-refractivity contribution is -0.151. The van der Waals surface area contributed by atoms with E-state index in [4.69, 9.17) is 9.47 Å². The first kappa shape index (κ1) is 8.27. The van der Waals surface area contributed by atoms with Gasteiger partial charge in [-0.3, -0.25) is 0 Å². The van der Waals surface area contributed by atoms with Crippen molar-refractivity contribution in [3.63, 3.8) is 0 Å². The Morgan fingerprint density at radius 3 is 2.20 bits per heavy atom. The van der Waals surface area contributed by atoms with Crippen LogP contribution in [0.4, 0.5) is 0 Å². The predicted octanol–water partition coefficient (Wildman–Crippen LogP) is -0.205. The van der Waals surface area contributed by atoms with Crippen molar-refractivity contribution in [2.24, 2.45) is 0 Å². The monoisotopic (exact) mass is 165 g/mol. The molecule has 0 aliphatic carbocycles. The van der Waals surface area contributed by atoms with Gasteiger partial charge in [0.25, 0.3) is 0 Å². The summed E-state index contributed by atoms with van der Waals surface area (Å²) in [5, 5.41) is 3.28. The normalized spacial score (nSPS) is 38.4. The predicted molar refractivity (Wildman–Crippen MR) is 39.6 cm³/mol. The topological polar surface area (TPSA) is 30.5 Å². The Labute approximate surface area is 66.5 Å². The van der Waals surface area contributed by atoms with Crippen LogP contribution in [0.3, 0.4) is 0 Å². The van der Waals surface area contributed by atoms with Crippen molar-refractivity contribution in [1.82, 2.24) is 5.32 Å². The first-order valence-corrected chi connectivity index (χ1v) is 3.39. The molecule has 2 saturated heterocycles. The Kier molecular flexibility index (Phi) is 2.92. The number of morpholine rings is 1. The molecule has 0 aromatic rings. The van der Waals surface area contributed by atoms with Crippen LogP contribution >= 0.6 is 12.4 Å². The van der Waals surface area contributed by atoms with E-state index in [-0.39, 0.29) is 12.4 Å². The quantitative estimate of drug-likeness (QED) is 0.539. The van der Waals surface area contributed by atoms with Gasteiger partial charge in [-0.25, -0.2) is 0 Å². The second-order valence-electron chi connectivity index (χ2n) is 2.58. The van der Waals surface area contributed by atoms with Crippen molar-refractivity contribution in [3.05, 3.63) is 0 Å². The number of nitrogens with one attached hydrogen (secondary N) is 1. The summed E-state index contributed by atoms with van der Waals surface area (Å²) in [5.74, 6) is 0. The van der Waals surface area contributed by atoms with Gasteiger partial charge in [-0.1, -0.05) is 0 Å². The number of ether oxygens (including phenoxy) is 2. The standard InChI is InChI=1S/C6H11NO2.ClH/c1-5-3-8-4-6(9-5)2-7-1;/h5-7H,1-4H2;1H. The van der Waals surface area contributed by atoms with Crippen LogP contribution in [-0.2, 0) is 9.47 Å². The molecule has 10 heavy (non-hydrogen) atoms. The van der Waals surface area contributed by atoms with Crippen LogP contribution in [0.5, 0.6) is 0 Å². The lowest BCUT2D eigenvalue weighted by Crippen LogP contribution is -2.52. The Morgan fingerprint density at radius 2 is 1.70 bits per heavy atom. The molecule has 0 aromatic carbocycles. The highest BCUT2D eigenvalue weighted by Crippen LogP contribution is 2.09. The summed E-state index contributed by atoms with van der Waals surface area (Å²) < 4.78 is 10.8. The molecule has 2 atom stereocenters. The van der Waals surface area contributed by atoms with Crippen LogP contribution < -0.4 is 5.32 Å². The van der Waals surface area contributed by atoms with Gasteiger partial charge in [0, 0.05) is 13.1 Å².